The summed E-state index contributed by atoms with van der Waals surface area (Å²) < 4.78 is 10.6. The smallest absolute Gasteiger partial charge is 0.306 e. The Balaban J connectivity index is 4.43. The van der Waals surface area contributed by atoms with Crippen LogP contribution in [0.5, 0.6) is 0 Å². The van der Waals surface area contributed by atoms with Crippen LogP contribution in [-0.2, 0) is 28.7 Å². The monoisotopic (exact) mass is 332 g/mol. The van der Waals surface area contributed by atoms with Crippen molar-refractivity contribution < 1.29 is 38.9 Å². The quantitative estimate of drug-likeness (QED) is 0.543. The molecule has 0 aliphatic rings. The average molecular weight is 332 g/mol. The van der Waals surface area contributed by atoms with Gasteiger partial charge < -0.3 is 19.7 Å². The third-order valence-corrected chi connectivity index (χ3v) is 2.95. The molecule has 0 saturated heterocycles. The number of carbonyl (C=O) groups excluding carboxylic acids is 2. The highest BCUT2D eigenvalue weighted by atomic mass is 16.6. The van der Waals surface area contributed by atoms with Gasteiger partial charge in [0.2, 0.25) is 0 Å². The van der Waals surface area contributed by atoms with Crippen LogP contribution in [0.25, 0.3) is 0 Å². The fourth-order valence-corrected chi connectivity index (χ4v) is 1.55. The number of esters is 1. The van der Waals surface area contributed by atoms with E-state index in [1.165, 1.54) is 13.8 Å². The zero-order valence-electron chi connectivity index (χ0n) is 13.9. The van der Waals surface area contributed by atoms with Crippen molar-refractivity contribution >= 4 is 23.7 Å². The molecule has 0 heterocycles. The summed E-state index contributed by atoms with van der Waals surface area (Å²) >= 11 is 0. The van der Waals surface area contributed by atoms with Crippen LogP contribution in [0.15, 0.2) is 0 Å². The molecule has 0 rings (SSSR count). The number of aliphatic carboxylic acids is 2. The molecule has 0 aromatic rings. The van der Waals surface area contributed by atoms with E-state index in [4.69, 9.17) is 19.7 Å². The molecule has 132 valence electrons. The van der Waals surface area contributed by atoms with E-state index in [-0.39, 0.29) is 38.1 Å². The molecule has 0 aliphatic heterocycles. The Kier molecular flexibility index (Phi) is 7.88. The molecule has 0 aromatic carbocycles. The van der Waals surface area contributed by atoms with Crippen LogP contribution in [0.3, 0.4) is 0 Å². The number of carbonyl (C=O) groups is 4. The minimum atomic E-state index is -1.21. The first-order chi connectivity index (χ1) is 10.4. The van der Waals surface area contributed by atoms with E-state index < -0.39 is 29.1 Å². The summed E-state index contributed by atoms with van der Waals surface area (Å²) in [6.07, 6.45) is -1.00. The zero-order chi connectivity index (χ0) is 18.3. The number of rotatable bonds is 11. The predicted octanol–water partition coefficient (Wildman–Crippen LogP) is 1.40. The number of Topliss-reactive ketones (excluding diaryl/α,β-unsaturated/α-hetero) is 1. The Morgan fingerprint density at radius 1 is 0.826 bits per heavy atom. The summed E-state index contributed by atoms with van der Waals surface area (Å²) in [6.45, 7) is 6.09. The van der Waals surface area contributed by atoms with Gasteiger partial charge in [0.25, 0.3) is 0 Å². The van der Waals surface area contributed by atoms with Gasteiger partial charge in [-0.05, 0) is 27.7 Å². The van der Waals surface area contributed by atoms with Crippen LogP contribution in [-0.4, -0.2) is 51.7 Å². The highest BCUT2D eigenvalue weighted by Gasteiger charge is 2.32. The van der Waals surface area contributed by atoms with Crippen LogP contribution in [0.2, 0.25) is 0 Å². The topological polar surface area (TPSA) is 127 Å². The van der Waals surface area contributed by atoms with E-state index in [1.54, 1.807) is 13.8 Å². The lowest BCUT2D eigenvalue weighted by atomic mass is 9.99. The normalized spacial score (nSPS) is 11.8. The van der Waals surface area contributed by atoms with Gasteiger partial charge in [-0.1, -0.05) is 0 Å². The largest absolute Gasteiger partial charge is 0.481 e. The number of ether oxygens (including phenoxy) is 2. The maximum absolute atomic E-state index is 11.9. The molecule has 0 amide bonds. The van der Waals surface area contributed by atoms with Crippen molar-refractivity contribution in [2.24, 2.45) is 0 Å². The second-order valence-corrected chi connectivity index (χ2v) is 6.24. The van der Waals surface area contributed by atoms with Gasteiger partial charge in [0.15, 0.2) is 5.78 Å². The van der Waals surface area contributed by atoms with Gasteiger partial charge >= 0.3 is 17.9 Å². The van der Waals surface area contributed by atoms with E-state index in [9.17, 15) is 19.2 Å². The van der Waals surface area contributed by atoms with Crippen molar-refractivity contribution in [3.05, 3.63) is 0 Å². The third kappa shape index (κ3) is 9.62. The summed E-state index contributed by atoms with van der Waals surface area (Å²) in [5.41, 5.74) is -2.25. The minimum absolute atomic E-state index is 0.0857. The molecule has 2 N–H and O–H groups in total. The fraction of sp³-hybridized carbons (Fsp3) is 0.733. The Hall–Kier alpha value is -1.96. The van der Waals surface area contributed by atoms with Crippen LogP contribution in [0.1, 0.15) is 53.4 Å². The van der Waals surface area contributed by atoms with Crippen LogP contribution < -0.4 is 0 Å². The number of ketones is 1. The molecule has 0 spiro atoms. The summed E-state index contributed by atoms with van der Waals surface area (Å²) in [6, 6.07) is 0. The van der Waals surface area contributed by atoms with Gasteiger partial charge in [-0.15, -0.1) is 0 Å². The van der Waals surface area contributed by atoms with Crippen molar-refractivity contribution in [1.29, 1.82) is 0 Å². The molecule has 8 nitrogen and oxygen atoms in total. The SMILES string of the molecule is CC(C)(COC(C)(C)C(=O)CCC(=O)O)OC(=O)CCC(=O)O. The molecule has 8 heteroatoms. The summed E-state index contributed by atoms with van der Waals surface area (Å²) in [7, 11) is 0. The molecule has 0 unspecified atom stereocenters. The van der Waals surface area contributed by atoms with E-state index in [2.05, 4.69) is 0 Å². The van der Waals surface area contributed by atoms with Gasteiger partial charge in [0.1, 0.15) is 11.2 Å². The number of carboxylic acid groups (broad SMARTS) is 2. The predicted molar refractivity (Wildman–Crippen MR) is 78.9 cm³/mol. The van der Waals surface area contributed by atoms with Crippen molar-refractivity contribution in [3.63, 3.8) is 0 Å². The Morgan fingerprint density at radius 2 is 1.30 bits per heavy atom. The first-order valence-electron chi connectivity index (χ1n) is 7.18. The van der Waals surface area contributed by atoms with Gasteiger partial charge in [0.05, 0.1) is 25.9 Å². The van der Waals surface area contributed by atoms with Gasteiger partial charge in [-0.3, -0.25) is 19.2 Å². The van der Waals surface area contributed by atoms with Crippen LogP contribution in [0, 0.1) is 0 Å². The number of carboxylic acids is 2. The summed E-state index contributed by atoms with van der Waals surface area (Å²) in [5.74, 6) is -3.20. The van der Waals surface area contributed by atoms with Crippen molar-refractivity contribution in [2.75, 3.05) is 6.61 Å². The first-order valence-corrected chi connectivity index (χ1v) is 7.18. The molecule has 0 saturated carbocycles. The fourth-order valence-electron chi connectivity index (χ4n) is 1.55. The zero-order valence-corrected chi connectivity index (χ0v) is 13.9. The second kappa shape index (κ2) is 8.61. The summed E-state index contributed by atoms with van der Waals surface area (Å²) in [4.78, 5) is 44.3. The molecule has 0 aliphatic carbocycles. The molecular formula is C15H24O8. The Morgan fingerprint density at radius 3 is 1.78 bits per heavy atom. The van der Waals surface area contributed by atoms with Crippen molar-refractivity contribution in [1.82, 2.24) is 0 Å². The van der Waals surface area contributed by atoms with E-state index >= 15 is 0 Å². The van der Waals surface area contributed by atoms with E-state index in [0.29, 0.717) is 0 Å². The van der Waals surface area contributed by atoms with Gasteiger partial charge in [0, 0.05) is 6.42 Å². The van der Waals surface area contributed by atoms with Crippen LogP contribution in [0.4, 0.5) is 0 Å². The highest BCUT2D eigenvalue weighted by molar-refractivity contribution is 5.88. The maximum Gasteiger partial charge on any atom is 0.306 e. The molecule has 0 radical (unpaired) electrons. The standard InChI is InChI=1S/C15H24O8/c1-14(2,23-13(21)8-7-12(19)20)9-22-15(3,4)10(16)5-6-11(17)18/h5-9H2,1-4H3,(H,17,18)(H,19,20). The molecule has 0 aromatic heterocycles. The van der Waals surface area contributed by atoms with Crippen molar-refractivity contribution in [2.45, 2.75) is 64.6 Å². The number of hydrogen-bond acceptors (Lipinski definition) is 6. The van der Waals surface area contributed by atoms with E-state index in [1.807, 2.05) is 0 Å². The van der Waals surface area contributed by atoms with Crippen LogP contribution >= 0.6 is 0 Å². The Labute approximate surface area is 134 Å². The molecule has 23 heavy (non-hydrogen) atoms. The molecule has 0 bridgehead atoms. The lowest BCUT2D eigenvalue weighted by molar-refractivity contribution is -0.172. The van der Waals surface area contributed by atoms with E-state index in [0.717, 1.165) is 0 Å². The minimum Gasteiger partial charge on any atom is -0.481 e. The average Bonchev–Trinajstić information content (AvgIpc) is 2.40. The maximum atomic E-state index is 11.9. The lowest BCUT2D eigenvalue weighted by Gasteiger charge is -2.31. The summed E-state index contributed by atoms with van der Waals surface area (Å²) in [5, 5.41) is 17.1. The Bertz CT molecular complexity index is 464. The molecule has 0 fully saturated rings. The van der Waals surface area contributed by atoms with Crippen molar-refractivity contribution in [3.8, 4) is 0 Å². The lowest BCUT2D eigenvalue weighted by Crippen LogP contribution is -2.42. The number of hydrogen-bond donors (Lipinski definition) is 2. The van der Waals surface area contributed by atoms with Gasteiger partial charge in [-0.2, -0.15) is 0 Å². The molecule has 0 atom stereocenters. The second-order valence-electron chi connectivity index (χ2n) is 6.24. The highest BCUT2D eigenvalue weighted by Crippen LogP contribution is 2.19. The third-order valence-electron chi connectivity index (χ3n) is 2.95. The van der Waals surface area contributed by atoms with Gasteiger partial charge in [-0.25, -0.2) is 0 Å². The first kappa shape index (κ1) is 21.0. The molecular weight excluding hydrogens is 308 g/mol.